The van der Waals surface area contributed by atoms with Gasteiger partial charge in [-0.2, -0.15) is 5.10 Å². The van der Waals surface area contributed by atoms with Crippen molar-refractivity contribution in [3.05, 3.63) is 76.6 Å². The molecular formula is C26H31ClN4O3S. The van der Waals surface area contributed by atoms with E-state index in [1.54, 1.807) is 4.68 Å². The Kier molecular flexibility index (Phi) is 7.16. The molecule has 9 heteroatoms. The van der Waals surface area contributed by atoms with Gasteiger partial charge in [0.2, 0.25) is 10.0 Å². The van der Waals surface area contributed by atoms with Crippen LogP contribution in [0.5, 0.6) is 5.75 Å². The second-order valence-corrected chi connectivity index (χ2v) is 11.6. The SMILES string of the molecule is NS(=O)(=O)c1cnn(CCCOc2ccc3c(c2)C(Cc2cccc(Cl)c2)C(CN2CCC2)C3)c1. The monoisotopic (exact) mass is 514 g/mol. The standard InChI is InChI=1S/C26H31ClN4O3S/c27-22-5-1-4-19(12-22)13-25-21(17-30-8-2-9-30)14-20-6-7-23(15-26(20)25)34-11-3-10-31-18-24(16-29-31)35(28,32)33/h1,4-7,12,15-16,18,21,25H,2-3,8-11,13-14,17H2,(H2,28,32,33). The van der Waals surface area contributed by atoms with E-state index in [0.29, 0.717) is 31.4 Å². The van der Waals surface area contributed by atoms with Gasteiger partial charge < -0.3 is 9.64 Å². The third-order valence-corrected chi connectivity index (χ3v) is 8.20. The number of nitrogens with two attached hydrogens (primary N) is 1. The molecule has 0 radical (unpaired) electrons. The van der Waals surface area contributed by atoms with E-state index in [2.05, 4.69) is 40.3 Å². The Bertz CT molecular complexity index is 1290. The predicted molar refractivity (Wildman–Crippen MR) is 136 cm³/mol. The number of rotatable bonds is 10. The number of aromatic nitrogens is 2. The number of primary sulfonamides is 1. The Morgan fingerprint density at radius 2 is 2.03 bits per heavy atom. The molecule has 2 N–H and O–H groups in total. The summed E-state index contributed by atoms with van der Waals surface area (Å²) >= 11 is 6.28. The number of likely N-dealkylation sites (tertiary alicyclic amines) is 1. The number of nitrogens with zero attached hydrogens (tertiary/aromatic N) is 3. The van der Waals surface area contributed by atoms with Crippen LogP contribution in [0.2, 0.25) is 5.02 Å². The molecule has 0 amide bonds. The van der Waals surface area contributed by atoms with Crippen molar-refractivity contribution in [3.63, 3.8) is 0 Å². The Hall–Kier alpha value is -2.39. The van der Waals surface area contributed by atoms with Gasteiger partial charge in [-0.05, 0) is 85.1 Å². The molecule has 1 aliphatic heterocycles. The molecule has 0 bridgehead atoms. The fraction of sp³-hybridized carbons (Fsp3) is 0.423. The summed E-state index contributed by atoms with van der Waals surface area (Å²) in [6, 6.07) is 14.7. The Morgan fingerprint density at radius 1 is 1.17 bits per heavy atom. The van der Waals surface area contributed by atoms with Crippen molar-refractivity contribution in [2.45, 2.75) is 43.0 Å². The van der Waals surface area contributed by atoms with Crippen LogP contribution >= 0.6 is 11.6 Å². The van der Waals surface area contributed by atoms with Gasteiger partial charge >= 0.3 is 0 Å². The average Bonchev–Trinajstić information content (AvgIpc) is 3.39. The van der Waals surface area contributed by atoms with E-state index < -0.39 is 10.0 Å². The van der Waals surface area contributed by atoms with Crippen LogP contribution in [0.25, 0.3) is 0 Å². The molecular weight excluding hydrogens is 484 g/mol. The summed E-state index contributed by atoms with van der Waals surface area (Å²) < 4.78 is 30.5. The van der Waals surface area contributed by atoms with Crippen LogP contribution in [0.1, 0.15) is 35.4 Å². The largest absolute Gasteiger partial charge is 0.494 e. The van der Waals surface area contributed by atoms with E-state index in [0.717, 1.165) is 30.2 Å². The maximum atomic E-state index is 11.4. The zero-order valence-corrected chi connectivity index (χ0v) is 21.2. The van der Waals surface area contributed by atoms with E-state index in [-0.39, 0.29) is 4.90 Å². The Morgan fingerprint density at radius 3 is 2.74 bits per heavy atom. The number of ether oxygens (including phenoxy) is 1. The van der Waals surface area contributed by atoms with Crippen molar-refractivity contribution in [2.24, 2.45) is 11.1 Å². The summed E-state index contributed by atoms with van der Waals surface area (Å²) in [5, 5.41) is 9.99. The third kappa shape index (κ3) is 5.89. The van der Waals surface area contributed by atoms with E-state index in [9.17, 15) is 8.42 Å². The minimum absolute atomic E-state index is 0.0237. The first-order valence-corrected chi connectivity index (χ1v) is 14.1. The normalized spacial score (nSPS) is 19.9. The highest BCUT2D eigenvalue weighted by molar-refractivity contribution is 7.89. The highest BCUT2D eigenvalue weighted by Crippen LogP contribution is 2.42. The molecule has 2 unspecified atom stereocenters. The number of hydrogen-bond donors (Lipinski definition) is 1. The molecule has 1 fully saturated rings. The summed E-state index contributed by atoms with van der Waals surface area (Å²) in [5.74, 6) is 1.90. The van der Waals surface area contributed by atoms with Crippen molar-refractivity contribution >= 4 is 21.6 Å². The molecule has 0 spiro atoms. The van der Waals surface area contributed by atoms with Gasteiger partial charge in [0.05, 0.1) is 12.8 Å². The minimum atomic E-state index is -3.73. The highest BCUT2D eigenvalue weighted by atomic mass is 35.5. The maximum Gasteiger partial charge on any atom is 0.241 e. The van der Waals surface area contributed by atoms with Crippen LogP contribution in [0.3, 0.4) is 0 Å². The Labute approximate surface area is 211 Å². The van der Waals surface area contributed by atoms with Gasteiger partial charge in [0, 0.05) is 30.7 Å². The number of sulfonamides is 1. The minimum Gasteiger partial charge on any atom is -0.494 e. The zero-order valence-electron chi connectivity index (χ0n) is 19.6. The van der Waals surface area contributed by atoms with Crippen molar-refractivity contribution in [3.8, 4) is 5.75 Å². The van der Waals surface area contributed by atoms with E-state index in [1.807, 2.05) is 12.1 Å². The molecule has 0 saturated carbocycles. The molecule has 1 aliphatic carbocycles. The molecule has 35 heavy (non-hydrogen) atoms. The fourth-order valence-corrected chi connectivity index (χ4v) is 5.86. The fourth-order valence-electron chi connectivity index (χ4n) is 5.19. The number of halogens is 1. The van der Waals surface area contributed by atoms with Crippen LogP contribution in [0.15, 0.2) is 59.8 Å². The van der Waals surface area contributed by atoms with Crippen molar-refractivity contribution in [1.29, 1.82) is 0 Å². The number of hydrogen-bond acceptors (Lipinski definition) is 5. The van der Waals surface area contributed by atoms with Crippen LogP contribution in [0.4, 0.5) is 0 Å². The number of benzene rings is 2. The second-order valence-electron chi connectivity index (χ2n) is 9.61. The van der Waals surface area contributed by atoms with Crippen LogP contribution < -0.4 is 9.88 Å². The topological polar surface area (TPSA) is 90.5 Å². The van der Waals surface area contributed by atoms with Gasteiger partial charge in [-0.15, -0.1) is 0 Å². The van der Waals surface area contributed by atoms with Gasteiger partial charge in [0.25, 0.3) is 0 Å². The van der Waals surface area contributed by atoms with E-state index in [1.165, 1.54) is 48.6 Å². The predicted octanol–water partition coefficient (Wildman–Crippen LogP) is 3.86. The lowest BCUT2D eigenvalue weighted by atomic mass is 9.86. The summed E-state index contributed by atoms with van der Waals surface area (Å²) in [6.07, 6.45) is 6.80. The number of fused-ring (bicyclic) bond motifs is 1. The Balaban J connectivity index is 1.24. The summed E-state index contributed by atoms with van der Waals surface area (Å²) in [4.78, 5) is 2.59. The summed E-state index contributed by atoms with van der Waals surface area (Å²) in [5.41, 5.74) is 4.08. The molecule has 1 saturated heterocycles. The second kappa shape index (κ2) is 10.3. The third-order valence-electron chi connectivity index (χ3n) is 7.09. The maximum absolute atomic E-state index is 11.4. The van der Waals surface area contributed by atoms with Gasteiger partial charge in [-0.25, -0.2) is 13.6 Å². The van der Waals surface area contributed by atoms with Gasteiger partial charge in [0.15, 0.2) is 0 Å². The zero-order chi connectivity index (χ0) is 24.4. The molecule has 3 aromatic rings. The molecule has 1 aromatic heterocycles. The van der Waals surface area contributed by atoms with Crippen LogP contribution in [0, 0.1) is 5.92 Å². The van der Waals surface area contributed by atoms with E-state index >= 15 is 0 Å². The molecule has 2 aromatic carbocycles. The first kappa shape index (κ1) is 24.3. The molecule has 2 atom stereocenters. The lowest BCUT2D eigenvalue weighted by Gasteiger charge is -2.35. The number of aryl methyl sites for hydroxylation is 1. The van der Waals surface area contributed by atoms with Crippen molar-refractivity contribution in [2.75, 3.05) is 26.2 Å². The highest BCUT2D eigenvalue weighted by Gasteiger charge is 2.35. The van der Waals surface area contributed by atoms with Crippen molar-refractivity contribution in [1.82, 2.24) is 14.7 Å². The van der Waals surface area contributed by atoms with Crippen LogP contribution in [-0.4, -0.2) is 49.3 Å². The quantitative estimate of drug-likeness (QED) is 0.415. The summed E-state index contributed by atoms with van der Waals surface area (Å²) in [6.45, 7) is 4.62. The van der Waals surface area contributed by atoms with Crippen LogP contribution in [-0.2, 0) is 29.4 Å². The molecule has 186 valence electrons. The van der Waals surface area contributed by atoms with Crippen molar-refractivity contribution < 1.29 is 13.2 Å². The van der Waals surface area contributed by atoms with Gasteiger partial charge in [-0.1, -0.05) is 29.8 Å². The first-order valence-electron chi connectivity index (χ1n) is 12.1. The average molecular weight is 515 g/mol. The smallest absolute Gasteiger partial charge is 0.241 e. The molecule has 5 rings (SSSR count). The lowest BCUT2D eigenvalue weighted by molar-refractivity contribution is 0.145. The lowest BCUT2D eigenvalue weighted by Crippen LogP contribution is -2.41. The summed E-state index contributed by atoms with van der Waals surface area (Å²) in [7, 11) is -3.73. The van der Waals surface area contributed by atoms with Gasteiger partial charge in [-0.3, -0.25) is 4.68 Å². The molecule has 2 heterocycles. The first-order chi connectivity index (χ1) is 16.8. The molecule has 7 nitrogen and oxygen atoms in total. The van der Waals surface area contributed by atoms with Gasteiger partial charge in [0.1, 0.15) is 10.6 Å². The van der Waals surface area contributed by atoms with E-state index in [4.69, 9.17) is 21.5 Å². The molecule has 2 aliphatic rings.